The summed E-state index contributed by atoms with van der Waals surface area (Å²) in [5.74, 6) is 0.310. The fourth-order valence-corrected chi connectivity index (χ4v) is 1.96. The molecule has 0 aliphatic carbocycles. The number of halogens is 1. The second-order valence-electron chi connectivity index (χ2n) is 3.56. The molecule has 1 saturated heterocycles. The normalized spacial score (nSPS) is 21.5. The van der Waals surface area contributed by atoms with Gasteiger partial charge in [0.1, 0.15) is 0 Å². The lowest BCUT2D eigenvalue weighted by Gasteiger charge is -2.08. The van der Waals surface area contributed by atoms with Gasteiger partial charge >= 0.3 is 0 Å². The van der Waals surface area contributed by atoms with Gasteiger partial charge in [-0.1, -0.05) is 23.7 Å². The number of benzene rings is 1. The van der Waals surface area contributed by atoms with Crippen molar-refractivity contribution in [3.05, 3.63) is 34.9 Å². The largest absolute Gasteiger partial charge is 0.307 e. The molecule has 1 aromatic rings. The van der Waals surface area contributed by atoms with Crippen molar-refractivity contribution >= 4 is 17.4 Å². The molecule has 1 aliphatic rings. The van der Waals surface area contributed by atoms with Crippen LogP contribution in [0.25, 0.3) is 0 Å². The molecule has 1 fully saturated rings. The highest BCUT2D eigenvalue weighted by Crippen LogP contribution is 2.14. The van der Waals surface area contributed by atoms with Gasteiger partial charge in [0.05, 0.1) is 6.04 Å². The maximum Gasteiger partial charge on any atom is 0.151 e. The van der Waals surface area contributed by atoms with Gasteiger partial charge in [-0.25, -0.2) is 0 Å². The Labute approximate surface area is 88.3 Å². The van der Waals surface area contributed by atoms with E-state index in [1.165, 1.54) is 0 Å². The van der Waals surface area contributed by atoms with Crippen molar-refractivity contribution < 1.29 is 4.79 Å². The van der Waals surface area contributed by atoms with Crippen molar-refractivity contribution in [1.82, 2.24) is 5.32 Å². The standard InChI is InChI=1S/C11H12ClNO/c12-9-3-1-2-8(6-9)7-10-11(14)4-5-13-10/h1-3,6,10,13H,4-5,7H2. The van der Waals surface area contributed by atoms with E-state index in [0.29, 0.717) is 12.2 Å². The highest BCUT2D eigenvalue weighted by Gasteiger charge is 2.23. The molecule has 1 N–H and O–H groups in total. The third-order valence-corrected chi connectivity index (χ3v) is 2.71. The highest BCUT2D eigenvalue weighted by atomic mass is 35.5. The van der Waals surface area contributed by atoms with Crippen LogP contribution in [0.15, 0.2) is 24.3 Å². The molecule has 3 heteroatoms. The molecule has 1 aromatic carbocycles. The molecule has 14 heavy (non-hydrogen) atoms. The van der Waals surface area contributed by atoms with Crippen LogP contribution in [-0.2, 0) is 11.2 Å². The lowest BCUT2D eigenvalue weighted by atomic mass is 10.0. The maximum atomic E-state index is 11.4. The number of hydrogen-bond acceptors (Lipinski definition) is 2. The van der Waals surface area contributed by atoms with Crippen LogP contribution in [0.1, 0.15) is 12.0 Å². The number of nitrogens with one attached hydrogen (secondary N) is 1. The summed E-state index contributed by atoms with van der Waals surface area (Å²) in [6.45, 7) is 0.810. The monoisotopic (exact) mass is 209 g/mol. The van der Waals surface area contributed by atoms with Crippen molar-refractivity contribution in [2.24, 2.45) is 0 Å². The van der Waals surface area contributed by atoms with E-state index in [-0.39, 0.29) is 6.04 Å². The van der Waals surface area contributed by atoms with E-state index in [1.807, 2.05) is 24.3 Å². The zero-order valence-electron chi connectivity index (χ0n) is 7.79. The van der Waals surface area contributed by atoms with Gasteiger partial charge in [0, 0.05) is 18.0 Å². The highest BCUT2D eigenvalue weighted by molar-refractivity contribution is 6.30. The molecule has 1 atom stereocenters. The predicted molar refractivity (Wildman–Crippen MR) is 56.6 cm³/mol. The van der Waals surface area contributed by atoms with Crippen LogP contribution >= 0.6 is 11.6 Å². The van der Waals surface area contributed by atoms with Crippen LogP contribution < -0.4 is 5.32 Å². The van der Waals surface area contributed by atoms with Gasteiger partial charge in [-0.15, -0.1) is 0 Å². The van der Waals surface area contributed by atoms with E-state index < -0.39 is 0 Å². The first-order valence-electron chi connectivity index (χ1n) is 4.76. The minimum absolute atomic E-state index is 0.00605. The fourth-order valence-electron chi connectivity index (χ4n) is 1.74. The lowest BCUT2D eigenvalue weighted by Crippen LogP contribution is -2.29. The summed E-state index contributed by atoms with van der Waals surface area (Å²) in [6, 6.07) is 7.66. The summed E-state index contributed by atoms with van der Waals surface area (Å²) in [5.41, 5.74) is 1.12. The topological polar surface area (TPSA) is 29.1 Å². The van der Waals surface area contributed by atoms with Gasteiger partial charge in [-0.2, -0.15) is 0 Å². The Balaban J connectivity index is 2.07. The zero-order chi connectivity index (χ0) is 9.97. The first-order chi connectivity index (χ1) is 6.75. The van der Waals surface area contributed by atoms with E-state index in [0.717, 1.165) is 23.6 Å². The molecule has 0 radical (unpaired) electrons. The second-order valence-corrected chi connectivity index (χ2v) is 3.99. The summed E-state index contributed by atoms with van der Waals surface area (Å²) < 4.78 is 0. The molecule has 0 bridgehead atoms. The molecule has 74 valence electrons. The van der Waals surface area contributed by atoms with E-state index >= 15 is 0 Å². The maximum absolute atomic E-state index is 11.4. The Bertz CT molecular complexity index is 351. The molecule has 0 spiro atoms. The molecule has 1 aliphatic heterocycles. The first kappa shape index (κ1) is 9.69. The van der Waals surface area contributed by atoms with Crippen molar-refractivity contribution in [2.45, 2.75) is 18.9 Å². The molecule has 2 rings (SSSR count). The van der Waals surface area contributed by atoms with Crippen molar-refractivity contribution in [1.29, 1.82) is 0 Å². The van der Waals surface area contributed by atoms with Gasteiger partial charge in [0.25, 0.3) is 0 Å². The quantitative estimate of drug-likeness (QED) is 0.805. The van der Waals surface area contributed by atoms with Gasteiger partial charge in [-0.05, 0) is 24.1 Å². The Morgan fingerprint density at radius 1 is 1.50 bits per heavy atom. The number of carbonyl (C=O) groups excluding carboxylic acids is 1. The predicted octanol–water partition coefficient (Wildman–Crippen LogP) is 1.81. The van der Waals surface area contributed by atoms with Gasteiger partial charge in [0.2, 0.25) is 0 Å². The zero-order valence-corrected chi connectivity index (χ0v) is 8.55. The fraction of sp³-hybridized carbons (Fsp3) is 0.364. The summed E-state index contributed by atoms with van der Waals surface area (Å²) >= 11 is 5.86. The lowest BCUT2D eigenvalue weighted by molar-refractivity contribution is -0.118. The Hall–Kier alpha value is -0.860. The SMILES string of the molecule is O=C1CCNC1Cc1cccc(Cl)c1. The van der Waals surface area contributed by atoms with Crippen molar-refractivity contribution in [2.75, 3.05) is 6.54 Å². The first-order valence-corrected chi connectivity index (χ1v) is 5.14. The van der Waals surface area contributed by atoms with Crippen LogP contribution in [0.2, 0.25) is 5.02 Å². The summed E-state index contributed by atoms with van der Waals surface area (Å²) in [5, 5.41) is 3.91. The van der Waals surface area contributed by atoms with Crippen LogP contribution in [0.3, 0.4) is 0 Å². The van der Waals surface area contributed by atoms with Gasteiger partial charge in [-0.3, -0.25) is 4.79 Å². The molecule has 2 nitrogen and oxygen atoms in total. The summed E-state index contributed by atoms with van der Waals surface area (Å²) in [6.07, 6.45) is 1.41. The second kappa shape index (κ2) is 4.11. The molecule has 1 heterocycles. The minimum atomic E-state index is -0.00605. The van der Waals surface area contributed by atoms with Crippen LogP contribution in [-0.4, -0.2) is 18.4 Å². The minimum Gasteiger partial charge on any atom is -0.307 e. The Kier molecular flexibility index (Phi) is 2.85. The Morgan fingerprint density at radius 2 is 2.36 bits per heavy atom. The third-order valence-electron chi connectivity index (χ3n) is 2.48. The number of hydrogen-bond donors (Lipinski definition) is 1. The molecule has 0 amide bonds. The van der Waals surface area contributed by atoms with E-state index in [4.69, 9.17) is 11.6 Å². The average Bonchev–Trinajstić information content (AvgIpc) is 2.52. The molecular weight excluding hydrogens is 198 g/mol. The number of rotatable bonds is 2. The third kappa shape index (κ3) is 2.14. The number of carbonyl (C=O) groups is 1. The molecular formula is C11H12ClNO. The van der Waals surface area contributed by atoms with E-state index in [2.05, 4.69) is 5.32 Å². The van der Waals surface area contributed by atoms with Gasteiger partial charge < -0.3 is 5.32 Å². The Morgan fingerprint density at radius 3 is 3.00 bits per heavy atom. The number of ketones is 1. The summed E-state index contributed by atoms with van der Waals surface area (Å²) in [4.78, 5) is 11.4. The molecule has 0 saturated carbocycles. The average molecular weight is 210 g/mol. The van der Waals surface area contributed by atoms with Crippen LogP contribution in [0.4, 0.5) is 0 Å². The van der Waals surface area contributed by atoms with E-state index in [9.17, 15) is 4.79 Å². The van der Waals surface area contributed by atoms with Crippen molar-refractivity contribution in [3.8, 4) is 0 Å². The number of Topliss-reactive ketones (excluding diaryl/α,β-unsaturated/α-hetero) is 1. The van der Waals surface area contributed by atoms with Gasteiger partial charge in [0.15, 0.2) is 5.78 Å². The molecule has 0 aromatic heterocycles. The van der Waals surface area contributed by atoms with Crippen molar-refractivity contribution in [3.63, 3.8) is 0 Å². The van der Waals surface area contributed by atoms with E-state index in [1.54, 1.807) is 0 Å². The van der Waals surface area contributed by atoms with Crippen LogP contribution in [0.5, 0.6) is 0 Å². The van der Waals surface area contributed by atoms with Crippen LogP contribution in [0, 0.1) is 0 Å². The molecule has 1 unspecified atom stereocenters. The summed E-state index contributed by atoms with van der Waals surface area (Å²) in [7, 11) is 0. The smallest absolute Gasteiger partial charge is 0.151 e.